The van der Waals surface area contributed by atoms with Gasteiger partial charge in [0.1, 0.15) is 0 Å². The molecule has 0 amide bonds. The highest BCUT2D eigenvalue weighted by molar-refractivity contribution is 6.34. The van der Waals surface area contributed by atoms with Crippen molar-refractivity contribution in [3.05, 3.63) is 83.0 Å². The third kappa shape index (κ3) is 5.08. The number of aliphatic imine (C=N–C) groups is 1. The smallest absolute Gasteiger partial charge is 0.309 e. The molecule has 0 saturated carbocycles. The second-order valence-corrected chi connectivity index (χ2v) is 6.62. The Hall–Kier alpha value is -2.85. The van der Waals surface area contributed by atoms with Crippen molar-refractivity contribution in [2.24, 2.45) is 10.9 Å². The molecule has 1 atom stereocenters. The standard InChI is InChI=1S/C22H21ClN2O2/c1-27-22(26)16-12-17(14-24-19-8-4-2-5-9-19)21(23)18(13-16)15-25-20-10-6-3-7-11-20/h2-11,14-16,24H,12-13H2,1H3/b17-14+,25-15?. The summed E-state index contributed by atoms with van der Waals surface area (Å²) in [6.07, 6.45) is 4.62. The van der Waals surface area contributed by atoms with Gasteiger partial charge in [0.15, 0.2) is 0 Å². The van der Waals surface area contributed by atoms with Gasteiger partial charge in [-0.2, -0.15) is 0 Å². The van der Waals surface area contributed by atoms with Crippen molar-refractivity contribution in [2.45, 2.75) is 12.8 Å². The van der Waals surface area contributed by atoms with Crippen molar-refractivity contribution in [1.29, 1.82) is 0 Å². The number of esters is 1. The van der Waals surface area contributed by atoms with Gasteiger partial charge in [0.05, 0.1) is 18.7 Å². The third-order valence-corrected chi connectivity index (χ3v) is 4.83. The molecular formula is C22H21ClN2O2. The summed E-state index contributed by atoms with van der Waals surface area (Å²) in [5.41, 5.74) is 3.47. The van der Waals surface area contributed by atoms with Gasteiger partial charge in [0, 0.05) is 23.1 Å². The van der Waals surface area contributed by atoms with Gasteiger partial charge < -0.3 is 10.1 Å². The van der Waals surface area contributed by atoms with Crippen LogP contribution in [0, 0.1) is 5.92 Å². The molecule has 3 rings (SSSR count). The van der Waals surface area contributed by atoms with E-state index in [1.54, 1.807) is 6.21 Å². The molecular weight excluding hydrogens is 360 g/mol. The lowest BCUT2D eigenvalue weighted by atomic mass is 9.86. The van der Waals surface area contributed by atoms with E-state index in [-0.39, 0.29) is 11.9 Å². The predicted molar refractivity (Wildman–Crippen MR) is 110 cm³/mol. The lowest BCUT2D eigenvalue weighted by Crippen LogP contribution is -2.22. The molecule has 1 unspecified atom stereocenters. The zero-order valence-corrected chi connectivity index (χ0v) is 15.8. The van der Waals surface area contributed by atoms with Gasteiger partial charge in [-0.05, 0) is 48.3 Å². The molecule has 0 aliphatic heterocycles. The van der Waals surface area contributed by atoms with Crippen LogP contribution in [-0.2, 0) is 9.53 Å². The van der Waals surface area contributed by atoms with E-state index < -0.39 is 0 Å². The maximum absolute atomic E-state index is 12.1. The number of halogens is 1. The van der Waals surface area contributed by atoms with E-state index in [1.165, 1.54) is 7.11 Å². The summed E-state index contributed by atoms with van der Waals surface area (Å²) in [7, 11) is 1.41. The van der Waals surface area contributed by atoms with Crippen LogP contribution in [0.25, 0.3) is 0 Å². The molecule has 0 heterocycles. The molecule has 1 aliphatic rings. The molecule has 5 heteroatoms. The fourth-order valence-electron chi connectivity index (χ4n) is 2.92. The minimum atomic E-state index is -0.279. The molecule has 2 aromatic rings. The van der Waals surface area contributed by atoms with E-state index in [4.69, 9.17) is 16.3 Å². The topological polar surface area (TPSA) is 50.7 Å². The summed E-state index contributed by atoms with van der Waals surface area (Å²) in [6.45, 7) is 0. The molecule has 0 bridgehead atoms. The normalized spacial score (nSPS) is 18.7. The number of rotatable bonds is 5. The highest BCUT2D eigenvalue weighted by Gasteiger charge is 2.29. The Morgan fingerprint density at radius 3 is 2.44 bits per heavy atom. The zero-order valence-electron chi connectivity index (χ0n) is 15.1. The van der Waals surface area contributed by atoms with Crippen LogP contribution in [0.4, 0.5) is 11.4 Å². The minimum Gasteiger partial charge on any atom is -0.469 e. The lowest BCUT2D eigenvalue weighted by Gasteiger charge is -2.24. The Morgan fingerprint density at radius 2 is 1.78 bits per heavy atom. The number of benzene rings is 2. The van der Waals surface area contributed by atoms with Crippen molar-refractivity contribution in [3.63, 3.8) is 0 Å². The van der Waals surface area contributed by atoms with Gasteiger partial charge >= 0.3 is 5.97 Å². The molecule has 0 aromatic heterocycles. The summed E-state index contributed by atoms with van der Waals surface area (Å²) in [6, 6.07) is 19.4. The Kier molecular flexibility index (Phi) is 6.44. The van der Waals surface area contributed by atoms with Crippen LogP contribution in [-0.4, -0.2) is 19.3 Å². The Labute approximate surface area is 164 Å². The molecule has 4 nitrogen and oxygen atoms in total. The van der Waals surface area contributed by atoms with E-state index in [2.05, 4.69) is 10.3 Å². The molecule has 1 N–H and O–H groups in total. The zero-order chi connectivity index (χ0) is 19.1. The summed E-state index contributed by atoms with van der Waals surface area (Å²) in [5, 5.41) is 3.86. The van der Waals surface area contributed by atoms with Crippen LogP contribution in [0.15, 0.2) is 88.0 Å². The van der Waals surface area contributed by atoms with Gasteiger partial charge in [0.25, 0.3) is 0 Å². The van der Waals surface area contributed by atoms with Crippen LogP contribution in [0.5, 0.6) is 0 Å². The molecule has 138 valence electrons. The quantitative estimate of drug-likeness (QED) is 0.553. The van der Waals surface area contributed by atoms with Gasteiger partial charge in [-0.15, -0.1) is 0 Å². The minimum absolute atomic E-state index is 0.240. The first kappa shape index (κ1) is 18.9. The summed E-state index contributed by atoms with van der Waals surface area (Å²) < 4.78 is 4.95. The van der Waals surface area contributed by atoms with Crippen LogP contribution in [0.1, 0.15) is 12.8 Å². The number of nitrogens with zero attached hydrogens (tertiary/aromatic N) is 1. The van der Waals surface area contributed by atoms with Crippen molar-refractivity contribution < 1.29 is 9.53 Å². The first-order valence-corrected chi connectivity index (χ1v) is 9.11. The number of allylic oxidation sites excluding steroid dienone is 3. The summed E-state index contributed by atoms with van der Waals surface area (Å²) >= 11 is 6.62. The molecule has 0 fully saturated rings. The average Bonchev–Trinajstić information content (AvgIpc) is 2.73. The van der Waals surface area contributed by atoms with Gasteiger partial charge in [-0.1, -0.05) is 48.0 Å². The molecule has 27 heavy (non-hydrogen) atoms. The first-order chi connectivity index (χ1) is 13.2. The fourth-order valence-corrected chi connectivity index (χ4v) is 3.18. The Morgan fingerprint density at radius 1 is 1.11 bits per heavy atom. The number of carbonyl (C=O) groups excluding carboxylic acids is 1. The van der Waals surface area contributed by atoms with Gasteiger partial charge in [0.2, 0.25) is 0 Å². The maximum atomic E-state index is 12.1. The predicted octanol–water partition coefficient (Wildman–Crippen LogP) is 5.46. The monoisotopic (exact) mass is 380 g/mol. The number of methoxy groups -OCH3 is 1. The number of hydrogen-bond acceptors (Lipinski definition) is 4. The van der Waals surface area contributed by atoms with Gasteiger partial charge in [-0.25, -0.2) is 0 Å². The highest BCUT2D eigenvalue weighted by atomic mass is 35.5. The van der Waals surface area contributed by atoms with E-state index >= 15 is 0 Å². The van der Waals surface area contributed by atoms with E-state index in [0.29, 0.717) is 17.9 Å². The lowest BCUT2D eigenvalue weighted by molar-refractivity contribution is -0.145. The van der Waals surface area contributed by atoms with E-state index in [1.807, 2.05) is 66.9 Å². The largest absolute Gasteiger partial charge is 0.469 e. The van der Waals surface area contributed by atoms with Crippen molar-refractivity contribution >= 4 is 35.2 Å². The van der Waals surface area contributed by atoms with Crippen LogP contribution in [0.2, 0.25) is 0 Å². The Balaban J connectivity index is 1.88. The molecule has 0 saturated heterocycles. The third-order valence-electron chi connectivity index (χ3n) is 4.34. The number of anilines is 1. The molecule has 0 spiro atoms. The fraction of sp³-hybridized carbons (Fsp3) is 0.182. The van der Waals surface area contributed by atoms with E-state index in [9.17, 15) is 4.79 Å². The van der Waals surface area contributed by atoms with Crippen LogP contribution >= 0.6 is 11.6 Å². The van der Waals surface area contributed by atoms with Crippen molar-refractivity contribution in [3.8, 4) is 0 Å². The number of ether oxygens (including phenoxy) is 1. The highest BCUT2D eigenvalue weighted by Crippen LogP contribution is 2.36. The van der Waals surface area contributed by atoms with Crippen LogP contribution in [0.3, 0.4) is 0 Å². The maximum Gasteiger partial charge on any atom is 0.309 e. The van der Waals surface area contributed by atoms with Crippen molar-refractivity contribution in [1.82, 2.24) is 0 Å². The second kappa shape index (κ2) is 9.19. The first-order valence-electron chi connectivity index (χ1n) is 8.74. The van der Waals surface area contributed by atoms with Crippen LogP contribution < -0.4 is 5.32 Å². The summed E-state index contributed by atoms with van der Waals surface area (Å²) in [5.74, 6) is -0.520. The van der Waals surface area contributed by atoms with Crippen molar-refractivity contribution in [2.75, 3.05) is 12.4 Å². The van der Waals surface area contributed by atoms with E-state index in [0.717, 1.165) is 22.5 Å². The Bertz CT molecular complexity index is 874. The molecule has 1 aliphatic carbocycles. The van der Waals surface area contributed by atoms with Gasteiger partial charge in [-0.3, -0.25) is 9.79 Å². The number of hydrogen-bond donors (Lipinski definition) is 1. The summed E-state index contributed by atoms with van der Waals surface area (Å²) in [4.78, 5) is 16.6. The SMILES string of the molecule is COC(=O)C1CC(C=Nc2ccccc2)=C(Cl)/C(=C/Nc2ccccc2)C1. The number of para-hydroxylation sites is 2. The molecule has 0 radical (unpaired) electrons. The number of carbonyl (C=O) groups is 1. The molecule has 2 aromatic carbocycles. The average molecular weight is 381 g/mol. The number of nitrogens with one attached hydrogen (secondary N) is 1. The second-order valence-electron chi connectivity index (χ2n) is 6.24.